The van der Waals surface area contributed by atoms with E-state index in [0.717, 1.165) is 6.54 Å². The highest BCUT2D eigenvalue weighted by Gasteiger charge is 2.17. The van der Waals surface area contributed by atoms with E-state index in [4.69, 9.17) is 0 Å². The Balaban J connectivity index is 3.73. The Labute approximate surface area is 70.2 Å². The van der Waals surface area contributed by atoms with E-state index in [1.54, 1.807) is 0 Å². The lowest BCUT2D eigenvalue weighted by Gasteiger charge is -2.24. The summed E-state index contributed by atoms with van der Waals surface area (Å²) in [5.74, 6) is 0.947. The fraction of sp³-hybridized carbons (Fsp3) is 1.00. The summed E-state index contributed by atoms with van der Waals surface area (Å²) in [5.41, 5.74) is 0. The van der Waals surface area contributed by atoms with Gasteiger partial charge in [-0.1, -0.05) is 20.8 Å². The van der Waals surface area contributed by atoms with Gasteiger partial charge in [-0.2, -0.15) is 0 Å². The molecule has 2 atom stereocenters. The molecule has 0 bridgehead atoms. The van der Waals surface area contributed by atoms with Crippen LogP contribution in [0.5, 0.6) is 0 Å². The van der Waals surface area contributed by atoms with E-state index < -0.39 is 0 Å². The maximum absolute atomic E-state index is 9.62. The predicted octanol–water partition coefficient (Wildman–Crippen LogP) is 1.20. The summed E-state index contributed by atoms with van der Waals surface area (Å²) in [5, 5.41) is 9.62. The molecular formula is C9H21NO. The van der Waals surface area contributed by atoms with Gasteiger partial charge in [0.15, 0.2) is 0 Å². The van der Waals surface area contributed by atoms with Crippen LogP contribution in [-0.2, 0) is 0 Å². The smallest absolute Gasteiger partial charge is 0.0694 e. The van der Waals surface area contributed by atoms with Gasteiger partial charge in [-0.05, 0) is 25.9 Å². The van der Waals surface area contributed by atoms with Crippen LogP contribution < -0.4 is 0 Å². The van der Waals surface area contributed by atoms with Crippen molar-refractivity contribution in [3.05, 3.63) is 0 Å². The van der Waals surface area contributed by atoms with Crippen molar-refractivity contribution >= 4 is 0 Å². The molecule has 0 amide bonds. The van der Waals surface area contributed by atoms with Crippen LogP contribution in [0, 0.1) is 11.8 Å². The third-order valence-electron chi connectivity index (χ3n) is 2.21. The van der Waals surface area contributed by atoms with E-state index in [2.05, 4.69) is 20.8 Å². The van der Waals surface area contributed by atoms with Gasteiger partial charge in [0.05, 0.1) is 6.10 Å². The van der Waals surface area contributed by atoms with Crippen LogP contribution in [0.4, 0.5) is 0 Å². The largest absolute Gasteiger partial charge is 0.392 e. The van der Waals surface area contributed by atoms with Crippen LogP contribution in [0.15, 0.2) is 0 Å². The molecule has 68 valence electrons. The lowest BCUT2D eigenvalue weighted by atomic mass is 9.92. The van der Waals surface area contributed by atoms with Crippen LogP contribution >= 0.6 is 0 Å². The zero-order valence-electron chi connectivity index (χ0n) is 8.33. The second kappa shape index (κ2) is 4.73. The van der Waals surface area contributed by atoms with E-state index in [9.17, 15) is 5.11 Å². The third kappa shape index (κ3) is 4.38. The van der Waals surface area contributed by atoms with Crippen molar-refractivity contribution < 1.29 is 5.11 Å². The summed E-state index contributed by atoms with van der Waals surface area (Å²) >= 11 is 0. The molecule has 0 aromatic rings. The molecule has 2 heteroatoms. The number of hydrogen-bond donors (Lipinski definition) is 1. The molecule has 0 spiro atoms. The van der Waals surface area contributed by atoms with Gasteiger partial charge in [0.25, 0.3) is 0 Å². The summed E-state index contributed by atoms with van der Waals surface area (Å²) in [6.45, 7) is 7.14. The monoisotopic (exact) mass is 159 g/mol. The predicted molar refractivity (Wildman–Crippen MR) is 48.6 cm³/mol. The topological polar surface area (TPSA) is 23.5 Å². The Kier molecular flexibility index (Phi) is 4.69. The molecule has 0 aliphatic heterocycles. The van der Waals surface area contributed by atoms with Crippen LogP contribution in [0.2, 0.25) is 0 Å². The standard InChI is InChI=1S/C9H21NO/c1-7(2)8(3)9(11)6-10(4)5/h7-9,11H,6H2,1-5H3. The SMILES string of the molecule is CC(C)C(C)C(O)CN(C)C. The van der Waals surface area contributed by atoms with E-state index in [1.165, 1.54) is 0 Å². The molecule has 0 fully saturated rings. The fourth-order valence-corrected chi connectivity index (χ4v) is 0.985. The summed E-state index contributed by atoms with van der Waals surface area (Å²) in [7, 11) is 3.96. The van der Waals surface area contributed by atoms with Gasteiger partial charge in [-0.3, -0.25) is 0 Å². The summed E-state index contributed by atoms with van der Waals surface area (Å²) < 4.78 is 0. The second-order valence-electron chi connectivity index (χ2n) is 3.93. The molecule has 0 aliphatic carbocycles. The Morgan fingerprint density at radius 3 is 1.91 bits per heavy atom. The van der Waals surface area contributed by atoms with E-state index in [-0.39, 0.29) is 6.10 Å². The minimum Gasteiger partial charge on any atom is -0.392 e. The minimum atomic E-state index is -0.190. The van der Waals surface area contributed by atoms with Crippen molar-refractivity contribution in [2.24, 2.45) is 11.8 Å². The molecule has 0 heterocycles. The molecular weight excluding hydrogens is 138 g/mol. The van der Waals surface area contributed by atoms with Crippen molar-refractivity contribution in [2.75, 3.05) is 20.6 Å². The molecule has 0 aromatic heterocycles. The lowest BCUT2D eigenvalue weighted by molar-refractivity contribution is 0.0668. The molecule has 2 nitrogen and oxygen atoms in total. The average Bonchev–Trinajstić information content (AvgIpc) is 1.84. The van der Waals surface area contributed by atoms with Crippen molar-refractivity contribution in [3.8, 4) is 0 Å². The summed E-state index contributed by atoms with van der Waals surface area (Å²) in [6.07, 6.45) is -0.190. The van der Waals surface area contributed by atoms with Gasteiger partial charge >= 0.3 is 0 Å². The molecule has 1 N–H and O–H groups in total. The van der Waals surface area contributed by atoms with Crippen molar-refractivity contribution in [1.29, 1.82) is 0 Å². The maximum atomic E-state index is 9.62. The van der Waals surface area contributed by atoms with Gasteiger partial charge in [-0.25, -0.2) is 0 Å². The van der Waals surface area contributed by atoms with Crippen molar-refractivity contribution in [3.63, 3.8) is 0 Å². The normalized spacial score (nSPS) is 17.5. The van der Waals surface area contributed by atoms with Crippen LogP contribution in [-0.4, -0.2) is 36.8 Å². The zero-order valence-corrected chi connectivity index (χ0v) is 8.33. The quantitative estimate of drug-likeness (QED) is 0.666. The first-order valence-corrected chi connectivity index (χ1v) is 4.28. The Hall–Kier alpha value is -0.0800. The molecule has 0 rings (SSSR count). The molecule has 0 saturated heterocycles. The average molecular weight is 159 g/mol. The Bertz CT molecular complexity index is 102. The van der Waals surface area contributed by atoms with Crippen LogP contribution in [0.3, 0.4) is 0 Å². The van der Waals surface area contributed by atoms with Gasteiger partial charge in [0.1, 0.15) is 0 Å². The molecule has 0 radical (unpaired) electrons. The Morgan fingerprint density at radius 1 is 1.18 bits per heavy atom. The number of aliphatic hydroxyl groups excluding tert-OH is 1. The number of aliphatic hydroxyl groups is 1. The Morgan fingerprint density at radius 2 is 1.64 bits per heavy atom. The fourth-order valence-electron chi connectivity index (χ4n) is 0.985. The molecule has 0 aliphatic rings. The van der Waals surface area contributed by atoms with Crippen molar-refractivity contribution in [2.45, 2.75) is 26.9 Å². The zero-order chi connectivity index (χ0) is 9.02. The van der Waals surface area contributed by atoms with Gasteiger partial charge < -0.3 is 10.0 Å². The summed E-state index contributed by atoms with van der Waals surface area (Å²) in [4.78, 5) is 2.02. The summed E-state index contributed by atoms with van der Waals surface area (Å²) in [6, 6.07) is 0. The third-order valence-corrected chi connectivity index (χ3v) is 2.21. The highest BCUT2D eigenvalue weighted by molar-refractivity contribution is 4.69. The van der Waals surface area contributed by atoms with E-state index in [1.807, 2.05) is 19.0 Å². The molecule has 11 heavy (non-hydrogen) atoms. The van der Waals surface area contributed by atoms with E-state index in [0.29, 0.717) is 11.8 Å². The number of hydrogen-bond acceptors (Lipinski definition) is 2. The molecule has 0 aromatic carbocycles. The minimum absolute atomic E-state index is 0.190. The highest BCUT2D eigenvalue weighted by Crippen LogP contribution is 2.14. The van der Waals surface area contributed by atoms with Gasteiger partial charge in [0, 0.05) is 6.54 Å². The van der Waals surface area contributed by atoms with Gasteiger partial charge in [-0.15, -0.1) is 0 Å². The van der Waals surface area contributed by atoms with Crippen LogP contribution in [0.1, 0.15) is 20.8 Å². The number of rotatable bonds is 4. The maximum Gasteiger partial charge on any atom is 0.0694 e. The van der Waals surface area contributed by atoms with Crippen LogP contribution in [0.25, 0.3) is 0 Å². The number of nitrogens with zero attached hydrogens (tertiary/aromatic N) is 1. The van der Waals surface area contributed by atoms with Crippen molar-refractivity contribution in [1.82, 2.24) is 4.90 Å². The lowest BCUT2D eigenvalue weighted by Crippen LogP contribution is -2.33. The second-order valence-corrected chi connectivity index (χ2v) is 3.93. The molecule has 0 saturated carbocycles. The first kappa shape index (κ1) is 10.9. The first-order chi connectivity index (χ1) is 4.95. The van der Waals surface area contributed by atoms with E-state index >= 15 is 0 Å². The molecule has 2 unspecified atom stereocenters. The highest BCUT2D eigenvalue weighted by atomic mass is 16.3. The van der Waals surface area contributed by atoms with Gasteiger partial charge in [0.2, 0.25) is 0 Å². The first-order valence-electron chi connectivity index (χ1n) is 4.28. The number of likely N-dealkylation sites (N-methyl/N-ethyl adjacent to an activating group) is 1.